The third kappa shape index (κ3) is 1.81. The predicted octanol–water partition coefficient (Wildman–Crippen LogP) is 2.79. The molecule has 0 saturated carbocycles. The molecule has 2 aromatic heterocycles. The van der Waals surface area contributed by atoms with E-state index in [1.807, 2.05) is 0 Å². The molecule has 13 heavy (non-hydrogen) atoms. The van der Waals surface area contributed by atoms with E-state index in [2.05, 4.69) is 41.8 Å². The van der Waals surface area contributed by atoms with Crippen molar-refractivity contribution in [2.45, 2.75) is 0 Å². The summed E-state index contributed by atoms with van der Waals surface area (Å²) in [5, 5.41) is 0. The van der Waals surface area contributed by atoms with Crippen molar-refractivity contribution in [3.05, 3.63) is 40.0 Å². The van der Waals surface area contributed by atoms with Crippen molar-refractivity contribution in [1.29, 1.82) is 0 Å². The van der Waals surface area contributed by atoms with Crippen LogP contribution in [0.4, 0.5) is 0 Å². The van der Waals surface area contributed by atoms with Gasteiger partial charge in [-0.2, -0.15) is 0 Å². The van der Waals surface area contributed by atoms with Crippen LogP contribution in [0.15, 0.2) is 40.0 Å². The maximum absolute atomic E-state index is 7.74. The summed E-state index contributed by atoms with van der Waals surface area (Å²) in [4.78, 5) is 7.77. The molecule has 0 bridgehead atoms. The minimum atomic E-state index is 0.0128. The number of pyridine rings is 1. The van der Waals surface area contributed by atoms with Crippen molar-refractivity contribution in [2.75, 3.05) is 0 Å². The molecule has 0 unspecified atom stereocenters. The van der Waals surface area contributed by atoms with Gasteiger partial charge >= 0.3 is 0 Å². The van der Waals surface area contributed by atoms with Crippen LogP contribution in [0.2, 0.25) is 0 Å². The number of hydrogen-bond acceptors (Lipinski definition) is 2. The Bertz CT molecular complexity index is 513. The van der Waals surface area contributed by atoms with Crippen molar-refractivity contribution in [3.8, 4) is 5.69 Å². The highest BCUT2D eigenvalue weighted by Crippen LogP contribution is 2.20. The molecule has 0 aliphatic heterocycles. The van der Waals surface area contributed by atoms with Crippen LogP contribution in [-0.4, -0.2) is 14.5 Å². The summed E-state index contributed by atoms with van der Waals surface area (Å²) < 4.78 is 17.9. The zero-order valence-electron chi connectivity index (χ0n) is 8.33. The van der Waals surface area contributed by atoms with Crippen molar-refractivity contribution in [2.24, 2.45) is 0 Å². The molecule has 0 fully saturated rings. The molecular weight excluding hydrogens is 298 g/mol. The average molecular weight is 305 g/mol. The molecule has 0 spiro atoms. The van der Waals surface area contributed by atoms with E-state index >= 15 is 0 Å². The van der Waals surface area contributed by atoms with E-state index in [0.29, 0.717) is 10.3 Å². The Morgan fingerprint density at radius 1 is 1.46 bits per heavy atom. The zero-order valence-corrected chi connectivity index (χ0v) is 9.50. The number of nitrogens with zero attached hydrogens (tertiary/aromatic N) is 3. The third-order valence-corrected chi connectivity index (χ3v) is 2.41. The second-order valence-electron chi connectivity index (χ2n) is 2.28. The van der Waals surface area contributed by atoms with Gasteiger partial charge in [-0.25, -0.2) is 4.98 Å². The molecule has 0 aliphatic carbocycles. The SMILES string of the molecule is [2H]c1nc(Br)c([2H])n1-c1ccncc1Br. The van der Waals surface area contributed by atoms with Crippen LogP contribution in [0.1, 0.15) is 2.74 Å². The fourth-order valence-corrected chi connectivity index (χ4v) is 1.58. The molecule has 2 heterocycles. The Labute approximate surface area is 94.9 Å². The van der Waals surface area contributed by atoms with E-state index in [0.717, 1.165) is 4.47 Å². The van der Waals surface area contributed by atoms with Gasteiger partial charge in [-0.1, -0.05) is 0 Å². The van der Waals surface area contributed by atoms with E-state index in [1.165, 1.54) is 4.57 Å². The molecule has 3 nitrogen and oxygen atoms in total. The first-order valence-electron chi connectivity index (χ1n) is 4.42. The molecule has 5 heteroatoms. The maximum atomic E-state index is 7.74. The van der Waals surface area contributed by atoms with Crippen molar-refractivity contribution >= 4 is 31.9 Å². The average Bonchev–Trinajstić information content (AvgIpc) is 2.43. The smallest absolute Gasteiger partial charge is 0.124 e. The lowest BCUT2D eigenvalue weighted by Crippen LogP contribution is -1.91. The maximum Gasteiger partial charge on any atom is 0.124 e. The Morgan fingerprint density at radius 2 is 2.31 bits per heavy atom. The summed E-state index contributed by atoms with van der Waals surface area (Å²) in [5.74, 6) is 0. The lowest BCUT2D eigenvalue weighted by molar-refractivity contribution is 1.04. The van der Waals surface area contributed by atoms with Gasteiger partial charge in [0.15, 0.2) is 0 Å². The fraction of sp³-hybridized carbons (Fsp3) is 0. The van der Waals surface area contributed by atoms with Gasteiger partial charge in [0, 0.05) is 18.6 Å². The van der Waals surface area contributed by atoms with Crippen LogP contribution in [-0.2, 0) is 0 Å². The summed E-state index contributed by atoms with van der Waals surface area (Å²) in [5.41, 5.74) is 0.679. The predicted molar refractivity (Wildman–Crippen MR) is 56.8 cm³/mol. The van der Waals surface area contributed by atoms with E-state index in [9.17, 15) is 0 Å². The first kappa shape index (κ1) is 6.73. The second-order valence-corrected chi connectivity index (χ2v) is 3.88. The van der Waals surface area contributed by atoms with Gasteiger partial charge in [0.25, 0.3) is 0 Å². The first-order chi connectivity index (χ1) is 7.11. The van der Waals surface area contributed by atoms with Crippen LogP contribution in [0.5, 0.6) is 0 Å². The lowest BCUT2D eigenvalue weighted by Gasteiger charge is -2.02. The summed E-state index contributed by atoms with van der Waals surface area (Å²) >= 11 is 6.44. The van der Waals surface area contributed by atoms with Gasteiger partial charge < -0.3 is 4.57 Å². The lowest BCUT2D eigenvalue weighted by atomic mass is 10.4. The number of halogens is 2. The van der Waals surface area contributed by atoms with Crippen molar-refractivity contribution in [3.63, 3.8) is 0 Å². The highest BCUT2D eigenvalue weighted by molar-refractivity contribution is 9.10. The van der Waals surface area contributed by atoms with Gasteiger partial charge in [-0.3, -0.25) is 4.98 Å². The minimum Gasteiger partial charge on any atom is -0.304 e. The molecule has 0 saturated heterocycles. The van der Waals surface area contributed by atoms with Crippen LogP contribution in [0.3, 0.4) is 0 Å². The van der Waals surface area contributed by atoms with Crippen LogP contribution >= 0.6 is 31.9 Å². The highest BCUT2D eigenvalue weighted by atomic mass is 79.9. The van der Waals surface area contributed by atoms with E-state index in [4.69, 9.17) is 2.74 Å². The monoisotopic (exact) mass is 303 g/mol. The molecule has 0 radical (unpaired) electrons. The number of rotatable bonds is 1. The van der Waals surface area contributed by atoms with Crippen LogP contribution < -0.4 is 0 Å². The summed E-state index contributed by atoms with van der Waals surface area (Å²) in [6.45, 7) is 0. The summed E-state index contributed by atoms with van der Waals surface area (Å²) in [6, 6.07) is 1.72. The summed E-state index contributed by atoms with van der Waals surface area (Å²) in [7, 11) is 0. The van der Waals surface area contributed by atoms with Crippen LogP contribution in [0.25, 0.3) is 5.69 Å². The Kier molecular flexibility index (Phi) is 1.86. The van der Waals surface area contributed by atoms with E-state index in [1.54, 1.807) is 18.5 Å². The fourth-order valence-electron chi connectivity index (χ4n) is 0.899. The Hall–Kier alpha value is -0.680. The Morgan fingerprint density at radius 3 is 2.92 bits per heavy atom. The van der Waals surface area contributed by atoms with Crippen LogP contribution in [0, 0.1) is 0 Å². The standard InChI is InChI=1S/C8H5Br2N3/c9-6-3-11-2-1-7(6)13-4-8(10)12-5-13/h1-5H/i4D,5D. The molecule has 66 valence electrons. The molecule has 0 N–H and O–H groups in total. The van der Waals surface area contributed by atoms with E-state index in [-0.39, 0.29) is 12.5 Å². The van der Waals surface area contributed by atoms with Crippen molar-refractivity contribution in [1.82, 2.24) is 14.5 Å². The Balaban J connectivity index is 2.69. The highest BCUT2D eigenvalue weighted by Gasteiger charge is 2.01. The topological polar surface area (TPSA) is 30.7 Å². The minimum absolute atomic E-state index is 0.0128. The first-order valence-corrected chi connectivity index (χ1v) is 5.01. The van der Waals surface area contributed by atoms with Gasteiger partial charge in [0.1, 0.15) is 12.3 Å². The molecule has 0 atom stereocenters. The molecule has 0 aromatic carbocycles. The van der Waals surface area contributed by atoms with Crippen molar-refractivity contribution < 1.29 is 2.74 Å². The van der Waals surface area contributed by atoms with E-state index < -0.39 is 0 Å². The van der Waals surface area contributed by atoms with Gasteiger partial charge in [0.05, 0.1) is 11.5 Å². The van der Waals surface area contributed by atoms with Gasteiger partial charge in [-0.05, 0) is 37.9 Å². The number of aromatic nitrogens is 3. The van der Waals surface area contributed by atoms with Gasteiger partial charge in [0.2, 0.25) is 0 Å². The number of imidazole rings is 1. The molecular formula is C8H5Br2N3. The zero-order chi connectivity index (χ0) is 11.0. The molecule has 0 amide bonds. The quantitative estimate of drug-likeness (QED) is 0.811. The number of hydrogen-bond donors (Lipinski definition) is 0. The second kappa shape index (κ2) is 3.59. The molecule has 2 rings (SSSR count). The summed E-state index contributed by atoms with van der Waals surface area (Å²) in [6.07, 6.45) is 3.38. The third-order valence-electron chi connectivity index (χ3n) is 1.44. The molecule has 0 aliphatic rings. The molecule has 2 aromatic rings. The van der Waals surface area contributed by atoms with Gasteiger partial charge in [-0.15, -0.1) is 0 Å². The normalized spacial score (nSPS) is 12.5. The largest absolute Gasteiger partial charge is 0.304 e.